The van der Waals surface area contributed by atoms with Gasteiger partial charge in [-0.2, -0.15) is 0 Å². The summed E-state index contributed by atoms with van der Waals surface area (Å²) in [7, 11) is 1.43. The van der Waals surface area contributed by atoms with Crippen LogP contribution in [0.2, 0.25) is 0 Å². The lowest BCUT2D eigenvalue weighted by Crippen LogP contribution is -2.28. The smallest absolute Gasteiger partial charge is 0.263 e. The third-order valence-electron chi connectivity index (χ3n) is 3.60. The second kappa shape index (κ2) is 4.72. The maximum absolute atomic E-state index is 12.1. The van der Waals surface area contributed by atoms with Crippen LogP contribution in [0.3, 0.4) is 0 Å². The van der Waals surface area contributed by atoms with Crippen molar-refractivity contribution < 1.29 is 19.1 Å². The van der Waals surface area contributed by atoms with E-state index in [1.807, 2.05) is 0 Å². The molecule has 1 atom stereocenters. The number of nitrogens with one attached hydrogen (secondary N) is 1. The summed E-state index contributed by atoms with van der Waals surface area (Å²) in [6.45, 7) is 0.575. The van der Waals surface area contributed by atoms with E-state index in [0.717, 1.165) is 11.3 Å². The summed E-state index contributed by atoms with van der Waals surface area (Å²) in [5.74, 6) is -1.02. The molecule has 2 heterocycles. The van der Waals surface area contributed by atoms with E-state index < -0.39 is 12.0 Å². The lowest BCUT2D eigenvalue weighted by atomic mass is 10.1. The number of benzene rings is 1. The predicted octanol–water partition coefficient (Wildman–Crippen LogP) is 1.03. The number of carbonyl (C=O) groups is 3. The number of anilines is 1. The number of fused-ring (bicyclic) bond motifs is 1. The first kappa shape index (κ1) is 12.8. The minimum Gasteiger partial charge on any atom is -0.368 e. The largest absolute Gasteiger partial charge is 0.368 e. The van der Waals surface area contributed by atoms with Crippen LogP contribution >= 0.6 is 0 Å². The summed E-state index contributed by atoms with van der Waals surface area (Å²) in [6.07, 6.45) is 1.05. The third kappa shape index (κ3) is 1.89. The molecule has 6 heteroatoms. The van der Waals surface area contributed by atoms with Gasteiger partial charge in [0.2, 0.25) is 0 Å². The van der Waals surface area contributed by atoms with Crippen molar-refractivity contribution in [1.29, 1.82) is 0 Å². The molecule has 1 saturated heterocycles. The summed E-state index contributed by atoms with van der Waals surface area (Å²) < 4.78 is 5.30. The van der Waals surface area contributed by atoms with Gasteiger partial charge < -0.3 is 10.1 Å². The Morgan fingerprint density at radius 2 is 2.15 bits per heavy atom. The molecule has 0 saturated carbocycles. The maximum atomic E-state index is 12.1. The van der Waals surface area contributed by atoms with Gasteiger partial charge in [0.05, 0.1) is 16.8 Å². The normalized spacial score (nSPS) is 21.2. The highest BCUT2D eigenvalue weighted by atomic mass is 16.5. The standard InChI is InChI=1S/C14H14N2O4/c1-16-13(18)8-4-2-5-9(11(8)14(16)19)15-12(17)10-6-3-7-20-10/h2,4-5,10H,3,6-7H2,1H3,(H,15,17). The Morgan fingerprint density at radius 1 is 1.35 bits per heavy atom. The summed E-state index contributed by atoms with van der Waals surface area (Å²) in [5.41, 5.74) is 0.944. The summed E-state index contributed by atoms with van der Waals surface area (Å²) in [4.78, 5) is 37.0. The Bertz CT molecular complexity index is 605. The van der Waals surface area contributed by atoms with Crippen molar-refractivity contribution in [3.8, 4) is 0 Å². The highest BCUT2D eigenvalue weighted by molar-refractivity contribution is 6.24. The highest BCUT2D eigenvalue weighted by Crippen LogP contribution is 2.29. The number of hydrogen-bond donors (Lipinski definition) is 1. The van der Waals surface area contributed by atoms with Crippen LogP contribution in [-0.4, -0.2) is 42.4 Å². The first-order valence-corrected chi connectivity index (χ1v) is 6.47. The zero-order valence-electron chi connectivity index (χ0n) is 11.0. The van der Waals surface area contributed by atoms with Crippen LogP contribution in [-0.2, 0) is 9.53 Å². The summed E-state index contributed by atoms with van der Waals surface area (Å²) in [6, 6.07) is 4.85. The molecule has 1 aromatic rings. The van der Waals surface area contributed by atoms with Gasteiger partial charge in [0.1, 0.15) is 6.10 Å². The molecule has 1 N–H and O–H groups in total. The minimum absolute atomic E-state index is 0.256. The van der Waals surface area contributed by atoms with Gasteiger partial charge >= 0.3 is 0 Å². The van der Waals surface area contributed by atoms with Gasteiger partial charge in [-0.15, -0.1) is 0 Å². The highest BCUT2D eigenvalue weighted by Gasteiger charge is 2.35. The topological polar surface area (TPSA) is 75.7 Å². The fourth-order valence-electron chi connectivity index (χ4n) is 2.50. The van der Waals surface area contributed by atoms with Crippen LogP contribution in [0.4, 0.5) is 5.69 Å². The first-order chi connectivity index (χ1) is 9.59. The van der Waals surface area contributed by atoms with Gasteiger partial charge in [0.25, 0.3) is 17.7 Å². The monoisotopic (exact) mass is 274 g/mol. The van der Waals surface area contributed by atoms with Crippen LogP contribution in [0, 0.1) is 0 Å². The van der Waals surface area contributed by atoms with Crippen LogP contribution in [0.1, 0.15) is 33.6 Å². The van der Waals surface area contributed by atoms with Gasteiger partial charge in [-0.25, -0.2) is 0 Å². The Morgan fingerprint density at radius 3 is 2.85 bits per heavy atom. The molecular weight excluding hydrogens is 260 g/mol. The zero-order valence-corrected chi connectivity index (χ0v) is 11.0. The Kier molecular flexibility index (Phi) is 3.02. The number of nitrogens with zero attached hydrogens (tertiary/aromatic N) is 1. The first-order valence-electron chi connectivity index (χ1n) is 6.47. The van der Waals surface area contributed by atoms with Crippen molar-refractivity contribution >= 4 is 23.4 Å². The molecule has 0 aliphatic carbocycles. The minimum atomic E-state index is -0.476. The van der Waals surface area contributed by atoms with Crippen molar-refractivity contribution in [3.05, 3.63) is 29.3 Å². The van der Waals surface area contributed by atoms with Crippen LogP contribution < -0.4 is 5.32 Å². The number of ether oxygens (including phenoxy) is 1. The molecule has 0 radical (unpaired) electrons. The fourth-order valence-corrected chi connectivity index (χ4v) is 2.50. The molecule has 0 spiro atoms. The lowest BCUT2D eigenvalue weighted by Gasteiger charge is -2.12. The number of imide groups is 1. The molecule has 6 nitrogen and oxygen atoms in total. The van der Waals surface area contributed by atoms with Gasteiger partial charge in [0, 0.05) is 13.7 Å². The van der Waals surface area contributed by atoms with Gasteiger partial charge in [-0.3, -0.25) is 19.3 Å². The molecule has 2 aliphatic rings. The third-order valence-corrected chi connectivity index (χ3v) is 3.60. The molecule has 0 bridgehead atoms. The molecule has 1 aromatic carbocycles. The summed E-state index contributed by atoms with van der Waals surface area (Å²) >= 11 is 0. The van der Waals surface area contributed by atoms with Gasteiger partial charge in [-0.05, 0) is 25.0 Å². The molecule has 2 aliphatic heterocycles. The number of amides is 3. The number of rotatable bonds is 2. The Hall–Kier alpha value is -2.21. The molecule has 0 aromatic heterocycles. The predicted molar refractivity (Wildman–Crippen MR) is 70.5 cm³/mol. The van der Waals surface area contributed by atoms with Crippen LogP contribution in [0.15, 0.2) is 18.2 Å². The lowest BCUT2D eigenvalue weighted by molar-refractivity contribution is -0.124. The van der Waals surface area contributed by atoms with Crippen molar-refractivity contribution in [1.82, 2.24) is 4.90 Å². The second-order valence-electron chi connectivity index (χ2n) is 4.89. The molecule has 20 heavy (non-hydrogen) atoms. The molecule has 1 fully saturated rings. The van der Waals surface area contributed by atoms with Gasteiger partial charge in [0.15, 0.2) is 0 Å². The van der Waals surface area contributed by atoms with Crippen LogP contribution in [0.25, 0.3) is 0 Å². The molecule has 3 rings (SSSR count). The van der Waals surface area contributed by atoms with Crippen LogP contribution in [0.5, 0.6) is 0 Å². The van der Waals surface area contributed by atoms with Crippen molar-refractivity contribution in [2.45, 2.75) is 18.9 Å². The van der Waals surface area contributed by atoms with Crippen molar-refractivity contribution in [2.75, 3.05) is 19.0 Å². The van der Waals surface area contributed by atoms with E-state index in [9.17, 15) is 14.4 Å². The number of carbonyl (C=O) groups excluding carboxylic acids is 3. The van der Waals surface area contributed by atoms with E-state index in [4.69, 9.17) is 4.74 Å². The van der Waals surface area contributed by atoms with E-state index in [-0.39, 0.29) is 17.4 Å². The van der Waals surface area contributed by atoms with Crippen molar-refractivity contribution in [2.24, 2.45) is 0 Å². The fraction of sp³-hybridized carbons (Fsp3) is 0.357. The molecule has 1 unspecified atom stereocenters. The number of hydrogen-bond acceptors (Lipinski definition) is 4. The Labute approximate surface area is 115 Å². The SMILES string of the molecule is CN1C(=O)c2cccc(NC(=O)C3CCCO3)c2C1=O. The van der Waals surface area contributed by atoms with E-state index in [1.165, 1.54) is 7.05 Å². The summed E-state index contributed by atoms with van der Waals surface area (Å²) in [5, 5.41) is 2.69. The average molecular weight is 274 g/mol. The molecule has 3 amide bonds. The second-order valence-corrected chi connectivity index (χ2v) is 4.89. The van der Waals surface area contributed by atoms with E-state index >= 15 is 0 Å². The van der Waals surface area contributed by atoms with E-state index in [1.54, 1.807) is 18.2 Å². The zero-order chi connectivity index (χ0) is 14.3. The maximum Gasteiger partial charge on any atom is 0.263 e. The quantitative estimate of drug-likeness (QED) is 0.817. The van der Waals surface area contributed by atoms with E-state index in [0.29, 0.717) is 24.3 Å². The molecule has 104 valence electrons. The Balaban J connectivity index is 1.90. The van der Waals surface area contributed by atoms with Gasteiger partial charge in [-0.1, -0.05) is 6.07 Å². The average Bonchev–Trinajstić information content (AvgIpc) is 3.05. The van der Waals surface area contributed by atoms with Crippen molar-refractivity contribution in [3.63, 3.8) is 0 Å². The van der Waals surface area contributed by atoms with E-state index in [2.05, 4.69) is 5.32 Å². The molecular formula is C14H14N2O4.